The van der Waals surface area contributed by atoms with Gasteiger partial charge in [0.1, 0.15) is 0 Å². The van der Waals surface area contributed by atoms with Crippen LogP contribution in [0.4, 0.5) is 0 Å². The molecule has 0 amide bonds. The Balaban J connectivity index is 2.26. The van der Waals surface area contributed by atoms with Crippen molar-refractivity contribution in [2.24, 2.45) is 7.05 Å². The molecule has 3 rings (SSSR count). The molecule has 90 valence electrons. The van der Waals surface area contributed by atoms with Crippen LogP contribution in [-0.2, 0) is 7.05 Å². The first-order valence-corrected chi connectivity index (χ1v) is 5.22. The van der Waals surface area contributed by atoms with Crippen molar-refractivity contribution in [3.05, 3.63) is 36.4 Å². The van der Waals surface area contributed by atoms with E-state index >= 15 is 0 Å². The van der Waals surface area contributed by atoms with E-state index in [1.165, 1.54) is 10.6 Å². The minimum atomic E-state index is -1.07. The Morgan fingerprint density at radius 2 is 2.28 bits per heavy atom. The Kier molecular flexibility index (Phi) is 2.12. The Morgan fingerprint density at radius 1 is 1.44 bits per heavy atom. The summed E-state index contributed by atoms with van der Waals surface area (Å²) in [6, 6.07) is 3.20. The average Bonchev–Trinajstić information content (AvgIpc) is 2.94. The van der Waals surface area contributed by atoms with E-state index in [0.717, 1.165) is 11.3 Å². The molecule has 0 aliphatic rings. The third kappa shape index (κ3) is 1.53. The number of carbonyl (C=O) groups is 1. The van der Waals surface area contributed by atoms with Gasteiger partial charge in [0.05, 0.1) is 11.9 Å². The van der Waals surface area contributed by atoms with Gasteiger partial charge in [0.15, 0.2) is 11.3 Å². The number of aromatic nitrogens is 5. The average molecular weight is 243 g/mol. The zero-order valence-corrected chi connectivity index (χ0v) is 9.48. The number of hydrogen-bond acceptors (Lipinski definition) is 4. The topological polar surface area (TPSA) is 85.3 Å². The van der Waals surface area contributed by atoms with E-state index < -0.39 is 5.97 Å². The third-order valence-electron chi connectivity index (χ3n) is 2.58. The van der Waals surface area contributed by atoms with Gasteiger partial charge in [-0.05, 0) is 6.07 Å². The van der Waals surface area contributed by atoms with Crippen molar-refractivity contribution in [3.63, 3.8) is 0 Å². The van der Waals surface area contributed by atoms with Crippen molar-refractivity contribution in [1.29, 1.82) is 0 Å². The Morgan fingerprint density at radius 3 is 2.94 bits per heavy atom. The van der Waals surface area contributed by atoms with Crippen LogP contribution in [0.15, 0.2) is 30.7 Å². The molecule has 3 heterocycles. The molecule has 0 atom stereocenters. The zero-order chi connectivity index (χ0) is 12.7. The first kappa shape index (κ1) is 10.5. The molecular weight excluding hydrogens is 234 g/mol. The van der Waals surface area contributed by atoms with Crippen molar-refractivity contribution < 1.29 is 9.90 Å². The fourth-order valence-electron chi connectivity index (χ4n) is 1.77. The van der Waals surface area contributed by atoms with Gasteiger partial charge in [-0.2, -0.15) is 10.2 Å². The number of aryl methyl sites for hydroxylation is 1. The van der Waals surface area contributed by atoms with Gasteiger partial charge in [-0.1, -0.05) is 0 Å². The molecule has 18 heavy (non-hydrogen) atoms. The molecule has 0 aromatic carbocycles. The van der Waals surface area contributed by atoms with Crippen molar-refractivity contribution in [3.8, 4) is 11.3 Å². The molecule has 0 unspecified atom stereocenters. The van der Waals surface area contributed by atoms with E-state index in [4.69, 9.17) is 5.11 Å². The normalized spacial score (nSPS) is 10.9. The molecule has 7 heteroatoms. The number of carboxylic acid groups (broad SMARTS) is 1. The van der Waals surface area contributed by atoms with Gasteiger partial charge in [-0.15, -0.1) is 0 Å². The predicted molar refractivity (Wildman–Crippen MR) is 62.1 cm³/mol. The van der Waals surface area contributed by atoms with Crippen molar-refractivity contribution >= 4 is 11.6 Å². The number of fused-ring (bicyclic) bond motifs is 1. The molecule has 3 aromatic rings. The van der Waals surface area contributed by atoms with Gasteiger partial charge in [-0.3, -0.25) is 4.68 Å². The van der Waals surface area contributed by atoms with Crippen LogP contribution >= 0.6 is 0 Å². The summed E-state index contributed by atoms with van der Waals surface area (Å²) < 4.78 is 3.17. The molecule has 3 aromatic heterocycles. The molecule has 0 saturated heterocycles. The number of nitrogens with zero attached hydrogens (tertiary/aromatic N) is 5. The van der Waals surface area contributed by atoms with Crippen molar-refractivity contribution in [1.82, 2.24) is 24.4 Å². The van der Waals surface area contributed by atoms with E-state index in [1.54, 1.807) is 23.1 Å². The van der Waals surface area contributed by atoms with Crippen LogP contribution in [-0.4, -0.2) is 35.5 Å². The van der Waals surface area contributed by atoms with Crippen LogP contribution < -0.4 is 0 Å². The minimum Gasteiger partial charge on any atom is -0.476 e. The molecule has 0 saturated carbocycles. The summed E-state index contributed by atoms with van der Waals surface area (Å²) in [4.78, 5) is 15.0. The number of hydrogen-bond donors (Lipinski definition) is 1. The highest BCUT2D eigenvalue weighted by atomic mass is 16.4. The van der Waals surface area contributed by atoms with Gasteiger partial charge >= 0.3 is 5.97 Å². The molecular formula is C11H9N5O2. The number of rotatable bonds is 2. The summed E-state index contributed by atoms with van der Waals surface area (Å²) in [5.41, 5.74) is 2.07. The Labute approximate surface area is 101 Å². The lowest BCUT2D eigenvalue weighted by Gasteiger charge is -2.00. The molecule has 0 aliphatic heterocycles. The summed E-state index contributed by atoms with van der Waals surface area (Å²) in [5.74, 6) is -1.07. The molecule has 0 radical (unpaired) electrons. The van der Waals surface area contributed by atoms with Gasteiger partial charge in [0, 0.05) is 31.1 Å². The van der Waals surface area contributed by atoms with Gasteiger partial charge < -0.3 is 5.11 Å². The monoisotopic (exact) mass is 243 g/mol. The van der Waals surface area contributed by atoms with E-state index in [-0.39, 0.29) is 5.69 Å². The van der Waals surface area contributed by atoms with Crippen molar-refractivity contribution in [2.45, 2.75) is 0 Å². The van der Waals surface area contributed by atoms with E-state index in [1.807, 2.05) is 13.2 Å². The highest BCUT2D eigenvalue weighted by Gasteiger charge is 2.13. The molecule has 0 aliphatic carbocycles. The summed E-state index contributed by atoms with van der Waals surface area (Å²) >= 11 is 0. The summed E-state index contributed by atoms with van der Waals surface area (Å²) in [5, 5.41) is 17.0. The van der Waals surface area contributed by atoms with E-state index in [2.05, 4.69) is 15.2 Å². The zero-order valence-electron chi connectivity index (χ0n) is 9.48. The number of aromatic carboxylic acids is 1. The minimum absolute atomic E-state index is 0.0289. The van der Waals surface area contributed by atoms with Crippen LogP contribution in [0.5, 0.6) is 0 Å². The van der Waals surface area contributed by atoms with Crippen LogP contribution in [0.25, 0.3) is 16.9 Å². The smallest absolute Gasteiger partial charge is 0.356 e. The Bertz CT molecular complexity index is 743. The van der Waals surface area contributed by atoms with E-state index in [9.17, 15) is 4.79 Å². The maximum absolute atomic E-state index is 10.9. The van der Waals surface area contributed by atoms with Crippen LogP contribution in [0.3, 0.4) is 0 Å². The largest absolute Gasteiger partial charge is 0.476 e. The highest BCUT2D eigenvalue weighted by molar-refractivity contribution is 5.86. The molecule has 1 N–H and O–H groups in total. The highest BCUT2D eigenvalue weighted by Crippen LogP contribution is 2.19. The lowest BCUT2D eigenvalue weighted by molar-refractivity contribution is 0.0690. The third-order valence-corrected chi connectivity index (χ3v) is 2.58. The second-order valence-corrected chi connectivity index (χ2v) is 3.84. The first-order valence-electron chi connectivity index (χ1n) is 5.22. The summed E-state index contributed by atoms with van der Waals surface area (Å²) in [7, 11) is 1.81. The van der Waals surface area contributed by atoms with Crippen LogP contribution in [0.2, 0.25) is 0 Å². The van der Waals surface area contributed by atoms with E-state index in [0.29, 0.717) is 5.65 Å². The lowest BCUT2D eigenvalue weighted by atomic mass is 10.2. The maximum atomic E-state index is 10.9. The van der Waals surface area contributed by atoms with Crippen LogP contribution in [0.1, 0.15) is 10.5 Å². The molecule has 7 nitrogen and oxygen atoms in total. The van der Waals surface area contributed by atoms with Gasteiger partial charge in [0.2, 0.25) is 0 Å². The second-order valence-electron chi connectivity index (χ2n) is 3.84. The fourth-order valence-corrected chi connectivity index (χ4v) is 1.77. The fraction of sp³-hybridized carbons (Fsp3) is 0.0909. The molecule has 0 fully saturated rings. The lowest BCUT2D eigenvalue weighted by Crippen LogP contribution is -1.99. The first-order chi connectivity index (χ1) is 8.65. The Hall–Kier alpha value is -2.70. The standard InChI is InChI=1S/C11H9N5O2/c1-15-6-7(5-13-15)9-2-3-12-10-4-8(11(17)18)14-16(9)10/h2-6H,1H3,(H,17,18). The maximum Gasteiger partial charge on any atom is 0.356 e. The second kappa shape index (κ2) is 3.66. The van der Waals surface area contributed by atoms with Gasteiger partial charge in [-0.25, -0.2) is 14.3 Å². The van der Waals surface area contributed by atoms with Gasteiger partial charge in [0.25, 0.3) is 0 Å². The molecule has 0 spiro atoms. The predicted octanol–water partition coefficient (Wildman–Crippen LogP) is 0.828. The summed E-state index contributed by atoms with van der Waals surface area (Å²) in [6.07, 6.45) is 5.14. The quantitative estimate of drug-likeness (QED) is 0.720. The molecule has 0 bridgehead atoms. The van der Waals surface area contributed by atoms with Crippen LogP contribution in [0, 0.1) is 0 Å². The SMILES string of the molecule is Cn1cc(-c2ccnc3cc(C(=O)O)nn23)cn1. The summed E-state index contributed by atoms with van der Waals surface area (Å²) in [6.45, 7) is 0. The van der Waals surface area contributed by atoms with Crippen molar-refractivity contribution in [2.75, 3.05) is 0 Å². The number of carboxylic acids is 1.